The van der Waals surface area contributed by atoms with Crippen molar-refractivity contribution in [2.45, 2.75) is 19.3 Å². The second-order valence-electron chi connectivity index (χ2n) is 1.66. The number of hydroxylamine groups is 1. The van der Waals surface area contributed by atoms with E-state index in [9.17, 15) is 13.6 Å². The molecule has 0 saturated carbocycles. The van der Waals surface area contributed by atoms with Gasteiger partial charge in [-0.1, -0.05) is 0 Å². The van der Waals surface area contributed by atoms with Crippen molar-refractivity contribution in [3.05, 3.63) is 0 Å². The first-order valence-electron chi connectivity index (χ1n) is 2.76. The summed E-state index contributed by atoms with van der Waals surface area (Å²) in [5.74, 6) is -0.525. The molecule has 0 aromatic carbocycles. The molecule has 0 radical (unpaired) electrons. The van der Waals surface area contributed by atoms with Crippen LogP contribution in [-0.2, 0) is 9.63 Å². The van der Waals surface area contributed by atoms with Crippen LogP contribution in [0.2, 0.25) is 0 Å². The number of carbonyl (C=O) groups excluding carboxylic acids is 1. The summed E-state index contributed by atoms with van der Waals surface area (Å²) in [5, 5.41) is 0. The minimum absolute atomic E-state index is 0.203. The van der Waals surface area contributed by atoms with Crippen molar-refractivity contribution < 1.29 is 18.4 Å². The number of carbonyl (C=O) groups is 1. The summed E-state index contributed by atoms with van der Waals surface area (Å²) in [5.41, 5.74) is 1.93. The quantitative estimate of drug-likeness (QED) is 0.604. The molecule has 1 amide bonds. The highest BCUT2D eigenvalue weighted by atomic mass is 19.3. The monoisotopic (exact) mass is 153 g/mol. The fraction of sp³-hybridized carbons (Fsp3) is 0.800. The van der Waals surface area contributed by atoms with Crippen molar-refractivity contribution in [1.29, 1.82) is 0 Å². The molecule has 0 aliphatic heterocycles. The van der Waals surface area contributed by atoms with E-state index in [-0.39, 0.29) is 6.42 Å². The van der Waals surface area contributed by atoms with Gasteiger partial charge in [-0.2, -0.15) is 0 Å². The zero-order chi connectivity index (χ0) is 7.98. The molecule has 0 unspecified atom stereocenters. The second kappa shape index (κ2) is 5.10. The Morgan fingerprint density at radius 3 is 2.70 bits per heavy atom. The molecule has 10 heavy (non-hydrogen) atoms. The molecular weight excluding hydrogens is 144 g/mol. The number of rotatable bonds is 4. The van der Waals surface area contributed by atoms with Crippen LogP contribution in [0.25, 0.3) is 0 Å². The SMILES string of the molecule is CONC(=O)CCC(F)F. The lowest BCUT2D eigenvalue weighted by atomic mass is 10.3. The molecule has 0 atom stereocenters. The van der Waals surface area contributed by atoms with Gasteiger partial charge in [-0.25, -0.2) is 14.3 Å². The lowest BCUT2D eigenvalue weighted by Crippen LogP contribution is -2.21. The van der Waals surface area contributed by atoms with Crippen molar-refractivity contribution in [3.63, 3.8) is 0 Å². The Balaban J connectivity index is 3.22. The first-order valence-corrected chi connectivity index (χ1v) is 2.76. The van der Waals surface area contributed by atoms with Gasteiger partial charge >= 0.3 is 0 Å². The van der Waals surface area contributed by atoms with Gasteiger partial charge in [0.25, 0.3) is 0 Å². The van der Waals surface area contributed by atoms with Gasteiger partial charge in [0.1, 0.15) is 0 Å². The van der Waals surface area contributed by atoms with Crippen LogP contribution in [0.4, 0.5) is 8.78 Å². The van der Waals surface area contributed by atoms with Gasteiger partial charge < -0.3 is 0 Å². The topological polar surface area (TPSA) is 38.3 Å². The van der Waals surface area contributed by atoms with Gasteiger partial charge in [-0.05, 0) is 0 Å². The minimum Gasteiger partial charge on any atom is -0.277 e. The molecular formula is C5H9F2NO2. The average molecular weight is 153 g/mol. The maximum atomic E-state index is 11.4. The van der Waals surface area contributed by atoms with Gasteiger partial charge in [0.05, 0.1) is 7.11 Å². The highest BCUT2D eigenvalue weighted by molar-refractivity contribution is 5.74. The van der Waals surface area contributed by atoms with Crippen LogP contribution in [0.3, 0.4) is 0 Å². The largest absolute Gasteiger partial charge is 0.277 e. The Morgan fingerprint density at radius 1 is 1.70 bits per heavy atom. The molecule has 3 nitrogen and oxygen atoms in total. The summed E-state index contributed by atoms with van der Waals surface area (Å²) in [6.07, 6.45) is -3.05. The number of alkyl halides is 2. The molecule has 60 valence electrons. The lowest BCUT2D eigenvalue weighted by molar-refractivity contribution is -0.132. The highest BCUT2D eigenvalue weighted by Crippen LogP contribution is 2.01. The van der Waals surface area contributed by atoms with Crippen LogP contribution in [0.5, 0.6) is 0 Å². The number of halogens is 2. The van der Waals surface area contributed by atoms with E-state index in [1.165, 1.54) is 7.11 Å². The normalized spacial score (nSPS) is 10.0. The van der Waals surface area contributed by atoms with E-state index in [1.807, 2.05) is 5.48 Å². The van der Waals surface area contributed by atoms with Crippen LogP contribution in [0.1, 0.15) is 12.8 Å². The molecule has 0 rings (SSSR count). The summed E-state index contributed by atoms with van der Waals surface area (Å²) in [4.78, 5) is 14.6. The molecule has 0 spiro atoms. The first-order chi connectivity index (χ1) is 4.66. The number of hydrogen-bond donors (Lipinski definition) is 1. The highest BCUT2D eigenvalue weighted by Gasteiger charge is 2.06. The molecule has 0 heterocycles. The molecule has 0 aromatic rings. The predicted molar refractivity (Wildman–Crippen MR) is 30.4 cm³/mol. The Labute approximate surface area is 57.3 Å². The van der Waals surface area contributed by atoms with Crippen LogP contribution in [0, 0.1) is 0 Å². The van der Waals surface area contributed by atoms with Crippen LogP contribution < -0.4 is 5.48 Å². The minimum atomic E-state index is -2.43. The molecule has 0 aliphatic rings. The van der Waals surface area contributed by atoms with E-state index in [4.69, 9.17) is 0 Å². The van der Waals surface area contributed by atoms with Crippen LogP contribution >= 0.6 is 0 Å². The van der Waals surface area contributed by atoms with Gasteiger partial charge in [0.15, 0.2) is 0 Å². The molecule has 5 heteroatoms. The van der Waals surface area contributed by atoms with Gasteiger partial charge in [0, 0.05) is 12.8 Å². The van der Waals surface area contributed by atoms with E-state index in [2.05, 4.69) is 4.84 Å². The Kier molecular flexibility index (Phi) is 4.74. The van der Waals surface area contributed by atoms with Crippen LogP contribution in [-0.4, -0.2) is 19.4 Å². The summed E-state index contributed by atoms with van der Waals surface area (Å²) in [7, 11) is 1.25. The third-order valence-corrected chi connectivity index (χ3v) is 0.806. The standard InChI is InChI=1S/C5H9F2NO2/c1-10-8-5(9)3-2-4(6)7/h4H,2-3H2,1H3,(H,8,9). The summed E-state index contributed by atoms with van der Waals surface area (Å²) < 4.78 is 22.8. The molecule has 0 saturated heterocycles. The van der Waals surface area contributed by atoms with Crippen molar-refractivity contribution in [2.24, 2.45) is 0 Å². The summed E-state index contributed by atoms with van der Waals surface area (Å²) in [6, 6.07) is 0. The van der Waals surface area contributed by atoms with Crippen molar-refractivity contribution in [3.8, 4) is 0 Å². The fourth-order valence-electron chi connectivity index (χ4n) is 0.405. The average Bonchev–Trinajstić information content (AvgIpc) is 1.85. The van der Waals surface area contributed by atoms with Gasteiger partial charge in [-0.15, -0.1) is 0 Å². The van der Waals surface area contributed by atoms with E-state index in [0.29, 0.717) is 0 Å². The van der Waals surface area contributed by atoms with Crippen molar-refractivity contribution in [1.82, 2.24) is 5.48 Å². The molecule has 1 N–H and O–H groups in total. The summed E-state index contributed by atoms with van der Waals surface area (Å²) in [6.45, 7) is 0. The Bertz CT molecular complexity index is 108. The van der Waals surface area contributed by atoms with Gasteiger partial charge in [0.2, 0.25) is 12.3 Å². The first kappa shape index (κ1) is 9.29. The van der Waals surface area contributed by atoms with E-state index < -0.39 is 18.8 Å². The number of hydrogen-bond acceptors (Lipinski definition) is 2. The molecule has 0 fully saturated rings. The zero-order valence-electron chi connectivity index (χ0n) is 5.56. The van der Waals surface area contributed by atoms with Crippen molar-refractivity contribution in [2.75, 3.05) is 7.11 Å². The molecule has 0 bridgehead atoms. The van der Waals surface area contributed by atoms with E-state index in [0.717, 1.165) is 0 Å². The predicted octanol–water partition coefficient (Wildman–Crippen LogP) is 0.709. The summed E-state index contributed by atoms with van der Waals surface area (Å²) >= 11 is 0. The van der Waals surface area contributed by atoms with Gasteiger partial charge in [-0.3, -0.25) is 9.63 Å². The zero-order valence-corrected chi connectivity index (χ0v) is 5.56. The molecule has 0 aliphatic carbocycles. The third kappa shape index (κ3) is 5.43. The van der Waals surface area contributed by atoms with Crippen molar-refractivity contribution >= 4 is 5.91 Å². The van der Waals surface area contributed by atoms with Crippen LogP contribution in [0.15, 0.2) is 0 Å². The maximum absolute atomic E-state index is 11.4. The van der Waals surface area contributed by atoms with E-state index in [1.54, 1.807) is 0 Å². The lowest BCUT2D eigenvalue weighted by Gasteiger charge is -1.99. The maximum Gasteiger partial charge on any atom is 0.243 e. The fourth-order valence-corrected chi connectivity index (χ4v) is 0.405. The second-order valence-corrected chi connectivity index (χ2v) is 1.66. The molecule has 0 aromatic heterocycles. The van der Waals surface area contributed by atoms with E-state index >= 15 is 0 Å². The number of amides is 1. The smallest absolute Gasteiger partial charge is 0.243 e. The Morgan fingerprint density at radius 2 is 2.30 bits per heavy atom. The number of nitrogens with one attached hydrogen (secondary N) is 1. The third-order valence-electron chi connectivity index (χ3n) is 0.806. The Hall–Kier alpha value is -0.710.